The summed E-state index contributed by atoms with van der Waals surface area (Å²) in [5.74, 6) is 0.896. The van der Waals surface area contributed by atoms with E-state index in [-0.39, 0.29) is 0 Å². The monoisotopic (exact) mass is 223 g/mol. The van der Waals surface area contributed by atoms with Crippen molar-refractivity contribution < 1.29 is 0 Å². The molecule has 0 aromatic carbocycles. The number of nitrogens with zero attached hydrogens (tertiary/aromatic N) is 2. The average Bonchev–Trinajstić information content (AvgIpc) is 3.07. The normalized spacial score (nSPS) is 38.1. The molecular weight excluding hydrogens is 198 g/mol. The molecule has 0 radical (unpaired) electrons. The molecule has 2 aliphatic heterocycles. The van der Waals surface area contributed by atoms with Crippen LogP contribution in [0.1, 0.15) is 26.2 Å². The summed E-state index contributed by atoms with van der Waals surface area (Å²) in [7, 11) is 0. The Labute approximate surface area is 99.2 Å². The van der Waals surface area contributed by atoms with Crippen LogP contribution in [0.15, 0.2) is 0 Å². The van der Waals surface area contributed by atoms with Gasteiger partial charge in [0, 0.05) is 44.8 Å². The molecule has 0 aromatic heterocycles. The number of rotatable bonds is 3. The Hall–Kier alpha value is -0.120. The molecule has 0 spiro atoms. The predicted octanol–water partition coefficient (Wildman–Crippen LogP) is 0.764. The first kappa shape index (κ1) is 11.0. The van der Waals surface area contributed by atoms with Crippen molar-refractivity contribution in [3.63, 3.8) is 0 Å². The molecule has 3 fully saturated rings. The Morgan fingerprint density at radius 1 is 1.00 bits per heavy atom. The summed E-state index contributed by atoms with van der Waals surface area (Å²) < 4.78 is 0. The van der Waals surface area contributed by atoms with Crippen LogP contribution in [0.4, 0.5) is 0 Å². The van der Waals surface area contributed by atoms with E-state index in [9.17, 15) is 0 Å². The van der Waals surface area contributed by atoms with E-state index in [4.69, 9.17) is 0 Å². The minimum atomic E-state index is 0.825. The van der Waals surface area contributed by atoms with Gasteiger partial charge < -0.3 is 5.32 Å². The van der Waals surface area contributed by atoms with Crippen molar-refractivity contribution in [1.82, 2.24) is 15.1 Å². The van der Waals surface area contributed by atoms with Crippen molar-refractivity contribution in [2.75, 3.05) is 39.3 Å². The Morgan fingerprint density at radius 2 is 1.69 bits per heavy atom. The maximum Gasteiger partial charge on any atom is 0.0261 e. The van der Waals surface area contributed by atoms with Crippen molar-refractivity contribution >= 4 is 0 Å². The summed E-state index contributed by atoms with van der Waals surface area (Å²) in [5.41, 5.74) is 0. The van der Waals surface area contributed by atoms with Gasteiger partial charge in [0.15, 0.2) is 0 Å². The number of hydrogen-bond donors (Lipinski definition) is 1. The largest absolute Gasteiger partial charge is 0.315 e. The van der Waals surface area contributed by atoms with Gasteiger partial charge >= 0.3 is 0 Å². The van der Waals surface area contributed by atoms with Crippen LogP contribution in [-0.2, 0) is 0 Å². The molecule has 2 atom stereocenters. The van der Waals surface area contributed by atoms with Gasteiger partial charge in [-0.1, -0.05) is 13.3 Å². The highest BCUT2D eigenvalue weighted by atomic mass is 15.3. The van der Waals surface area contributed by atoms with Gasteiger partial charge in [0.1, 0.15) is 0 Å². The van der Waals surface area contributed by atoms with E-state index in [0.29, 0.717) is 0 Å². The van der Waals surface area contributed by atoms with Crippen LogP contribution in [0.2, 0.25) is 0 Å². The van der Waals surface area contributed by atoms with E-state index in [1.54, 1.807) is 0 Å². The lowest BCUT2D eigenvalue weighted by Gasteiger charge is -2.39. The van der Waals surface area contributed by atoms with Crippen LogP contribution in [0.5, 0.6) is 0 Å². The van der Waals surface area contributed by atoms with Gasteiger partial charge in [-0.2, -0.15) is 0 Å². The summed E-state index contributed by atoms with van der Waals surface area (Å²) in [6.07, 6.45) is 4.26. The Morgan fingerprint density at radius 3 is 2.31 bits per heavy atom. The molecule has 3 rings (SSSR count). The lowest BCUT2D eigenvalue weighted by atomic mass is 9.98. The van der Waals surface area contributed by atoms with Gasteiger partial charge in [0.25, 0.3) is 0 Å². The SMILES string of the molecule is CCC1CNCC1N1CCN(C2CC2)CC1. The van der Waals surface area contributed by atoms with Crippen molar-refractivity contribution in [3.05, 3.63) is 0 Å². The minimum absolute atomic E-state index is 0.825. The highest BCUT2D eigenvalue weighted by Crippen LogP contribution is 2.28. The van der Waals surface area contributed by atoms with Gasteiger partial charge in [-0.25, -0.2) is 0 Å². The second-order valence-corrected chi connectivity index (χ2v) is 5.70. The molecule has 2 saturated heterocycles. The molecule has 16 heavy (non-hydrogen) atoms. The lowest BCUT2D eigenvalue weighted by Crippen LogP contribution is -2.52. The summed E-state index contributed by atoms with van der Waals surface area (Å²) in [6.45, 7) is 10.0. The Bertz CT molecular complexity index is 231. The highest BCUT2D eigenvalue weighted by Gasteiger charge is 2.36. The third-order valence-corrected chi connectivity index (χ3v) is 4.71. The average molecular weight is 223 g/mol. The highest BCUT2D eigenvalue weighted by molar-refractivity contribution is 4.93. The van der Waals surface area contributed by atoms with Crippen molar-refractivity contribution in [3.8, 4) is 0 Å². The van der Waals surface area contributed by atoms with E-state index in [2.05, 4.69) is 22.0 Å². The smallest absolute Gasteiger partial charge is 0.0261 e. The second kappa shape index (κ2) is 4.63. The molecule has 0 bridgehead atoms. The minimum Gasteiger partial charge on any atom is -0.315 e. The lowest BCUT2D eigenvalue weighted by molar-refractivity contribution is 0.0809. The first-order valence-corrected chi connectivity index (χ1v) is 7.07. The number of hydrogen-bond acceptors (Lipinski definition) is 3. The van der Waals surface area contributed by atoms with Gasteiger partial charge in [-0.3, -0.25) is 9.80 Å². The second-order valence-electron chi connectivity index (χ2n) is 5.70. The van der Waals surface area contributed by atoms with Crippen molar-refractivity contribution in [2.24, 2.45) is 5.92 Å². The van der Waals surface area contributed by atoms with E-state index < -0.39 is 0 Å². The van der Waals surface area contributed by atoms with Crippen molar-refractivity contribution in [2.45, 2.75) is 38.3 Å². The zero-order valence-electron chi connectivity index (χ0n) is 10.5. The van der Waals surface area contributed by atoms with Crippen LogP contribution in [0, 0.1) is 5.92 Å². The molecule has 1 N–H and O–H groups in total. The number of nitrogens with one attached hydrogen (secondary N) is 1. The zero-order valence-corrected chi connectivity index (χ0v) is 10.5. The molecule has 3 nitrogen and oxygen atoms in total. The summed E-state index contributed by atoms with van der Waals surface area (Å²) in [5, 5.41) is 3.56. The van der Waals surface area contributed by atoms with Gasteiger partial charge in [-0.05, 0) is 25.3 Å². The third-order valence-electron chi connectivity index (χ3n) is 4.71. The van der Waals surface area contributed by atoms with Crippen LogP contribution in [0.25, 0.3) is 0 Å². The zero-order chi connectivity index (χ0) is 11.0. The van der Waals surface area contributed by atoms with Crippen LogP contribution in [-0.4, -0.2) is 61.2 Å². The van der Waals surface area contributed by atoms with Gasteiger partial charge in [0.05, 0.1) is 0 Å². The molecule has 2 heterocycles. The quantitative estimate of drug-likeness (QED) is 0.762. The van der Waals surface area contributed by atoms with E-state index in [0.717, 1.165) is 18.0 Å². The van der Waals surface area contributed by atoms with Crippen LogP contribution >= 0.6 is 0 Å². The molecule has 1 aliphatic carbocycles. The molecule has 3 aliphatic rings. The standard InChI is InChI=1S/C13H25N3/c1-2-11-9-14-10-13(11)16-7-5-15(6-8-16)12-3-4-12/h11-14H,2-10H2,1H3. The van der Waals surface area contributed by atoms with Crippen LogP contribution < -0.4 is 5.32 Å². The molecule has 0 amide bonds. The van der Waals surface area contributed by atoms with Crippen molar-refractivity contribution in [1.29, 1.82) is 0 Å². The fourth-order valence-electron chi connectivity index (χ4n) is 3.44. The molecule has 3 heteroatoms. The van der Waals surface area contributed by atoms with E-state index in [1.165, 1.54) is 58.5 Å². The first-order valence-electron chi connectivity index (χ1n) is 7.07. The fourth-order valence-corrected chi connectivity index (χ4v) is 3.44. The molecule has 92 valence electrons. The summed E-state index contributed by atoms with van der Waals surface area (Å²) in [6, 6.07) is 1.79. The van der Waals surface area contributed by atoms with E-state index in [1.807, 2.05) is 0 Å². The Balaban J connectivity index is 1.52. The van der Waals surface area contributed by atoms with Gasteiger partial charge in [-0.15, -0.1) is 0 Å². The summed E-state index contributed by atoms with van der Waals surface area (Å²) in [4.78, 5) is 5.45. The molecule has 0 aromatic rings. The fraction of sp³-hybridized carbons (Fsp3) is 1.00. The van der Waals surface area contributed by atoms with Gasteiger partial charge in [0.2, 0.25) is 0 Å². The topological polar surface area (TPSA) is 18.5 Å². The first-order chi connectivity index (χ1) is 7.88. The summed E-state index contributed by atoms with van der Waals surface area (Å²) >= 11 is 0. The predicted molar refractivity (Wildman–Crippen MR) is 66.6 cm³/mol. The third kappa shape index (κ3) is 2.13. The molecule has 2 unspecified atom stereocenters. The molecular formula is C13H25N3. The Kier molecular flexibility index (Phi) is 3.18. The number of piperazine rings is 1. The van der Waals surface area contributed by atoms with E-state index >= 15 is 0 Å². The van der Waals surface area contributed by atoms with Crippen LogP contribution in [0.3, 0.4) is 0 Å². The maximum absolute atomic E-state index is 3.56. The maximum atomic E-state index is 3.56. The molecule has 1 saturated carbocycles.